The van der Waals surface area contributed by atoms with E-state index in [1.54, 1.807) is 6.20 Å². The first-order chi connectivity index (χ1) is 9.52. The van der Waals surface area contributed by atoms with Gasteiger partial charge in [0.1, 0.15) is 0 Å². The van der Waals surface area contributed by atoms with E-state index in [0.29, 0.717) is 24.8 Å². The van der Waals surface area contributed by atoms with Crippen molar-refractivity contribution < 1.29 is 8.78 Å². The maximum Gasteiger partial charge on any atom is 0.248 e. The van der Waals surface area contributed by atoms with Gasteiger partial charge >= 0.3 is 0 Å². The van der Waals surface area contributed by atoms with Crippen molar-refractivity contribution >= 4 is 0 Å². The van der Waals surface area contributed by atoms with Gasteiger partial charge in [-0.3, -0.25) is 4.68 Å². The third-order valence-electron chi connectivity index (χ3n) is 4.43. The minimum absolute atomic E-state index is 0.0469. The van der Waals surface area contributed by atoms with Crippen molar-refractivity contribution in [3.63, 3.8) is 0 Å². The molecule has 1 heterocycles. The van der Waals surface area contributed by atoms with E-state index in [1.165, 1.54) is 5.69 Å². The third kappa shape index (κ3) is 4.01. The number of nitrogens with zero attached hydrogens (tertiary/aromatic N) is 2. The van der Waals surface area contributed by atoms with Gasteiger partial charge in [-0.15, -0.1) is 0 Å². The lowest BCUT2D eigenvalue weighted by atomic mass is 9.80. The molecule has 20 heavy (non-hydrogen) atoms. The number of hydrogen-bond acceptors (Lipinski definition) is 2. The Hall–Kier alpha value is -0.970. The van der Waals surface area contributed by atoms with Crippen LogP contribution in [0.4, 0.5) is 8.78 Å². The molecule has 1 atom stereocenters. The average molecular weight is 285 g/mol. The molecular formula is C15H25F2N3. The van der Waals surface area contributed by atoms with Crippen molar-refractivity contribution in [1.29, 1.82) is 0 Å². The number of nitrogens with one attached hydrogen (secondary N) is 1. The first-order valence-electron chi connectivity index (χ1n) is 7.60. The van der Waals surface area contributed by atoms with Crippen molar-refractivity contribution in [3.8, 4) is 0 Å². The number of aromatic nitrogens is 2. The molecule has 1 aliphatic rings. The molecule has 0 spiro atoms. The van der Waals surface area contributed by atoms with Gasteiger partial charge < -0.3 is 5.32 Å². The van der Waals surface area contributed by atoms with Crippen molar-refractivity contribution in [2.24, 2.45) is 13.0 Å². The van der Waals surface area contributed by atoms with Gasteiger partial charge in [-0.25, -0.2) is 8.78 Å². The van der Waals surface area contributed by atoms with Crippen LogP contribution in [0.15, 0.2) is 12.3 Å². The van der Waals surface area contributed by atoms with Gasteiger partial charge in [0.25, 0.3) is 0 Å². The first kappa shape index (κ1) is 15.4. The fourth-order valence-corrected chi connectivity index (χ4v) is 3.18. The van der Waals surface area contributed by atoms with Crippen LogP contribution in [0.3, 0.4) is 0 Å². The van der Waals surface area contributed by atoms with Crippen molar-refractivity contribution in [3.05, 3.63) is 18.0 Å². The summed E-state index contributed by atoms with van der Waals surface area (Å²) in [6.45, 7) is 2.97. The molecule has 1 aromatic heterocycles. The van der Waals surface area contributed by atoms with E-state index in [9.17, 15) is 8.78 Å². The summed E-state index contributed by atoms with van der Waals surface area (Å²) in [5, 5.41) is 7.66. The average Bonchev–Trinajstić information content (AvgIpc) is 2.80. The van der Waals surface area contributed by atoms with E-state index in [2.05, 4.69) is 17.3 Å². The van der Waals surface area contributed by atoms with Crippen LogP contribution in [-0.2, 0) is 13.5 Å². The third-order valence-corrected chi connectivity index (χ3v) is 4.43. The molecule has 0 aromatic carbocycles. The Morgan fingerprint density at radius 3 is 2.70 bits per heavy atom. The number of rotatable bonds is 6. The fraction of sp³-hybridized carbons (Fsp3) is 0.800. The predicted molar refractivity (Wildman–Crippen MR) is 75.9 cm³/mol. The Bertz CT molecular complexity index is 407. The van der Waals surface area contributed by atoms with Gasteiger partial charge in [0.05, 0.1) is 0 Å². The second-order valence-electron chi connectivity index (χ2n) is 5.84. The minimum Gasteiger partial charge on any atom is -0.314 e. The molecule has 114 valence electrons. The molecule has 0 amide bonds. The summed E-state index contributed by atoms with van der Waals surface area (Å²) in [5.74, 6) is -2.06. The molecule has 0 bridgehead atoms. The molecule has 0 saturated heterocycles. The molecule has 1 fully saturated rings. The van der Waals surface area contributed by atoms with Crippen molar-refractivity contribution in [2.45, 2.75) is 57.4 Å². The summed E-state index contributed by atoms with van der Waals surface area (Å²) >= 11 is 0. The lowest BCUT2D eigenvalue weighted by molar-refractivity contribution is -0.0498. The Morgan fingerprint density at radius 2 is 2.15 bits per heavy atom. The zero-order chi connectivity index (χ0) is 14.6. The highest BCUT2D eigenvalue weighted by molar-refractivity contribution is 5.01. The van der Waals surface area contributed by atoms with Gasteiger partial charge in [-0.05, 0) is 44.2 Å². The van der Waals surface area contributed by atoms with Crippen molar-refractivity contribution in [2.75, 3.05) is 6.54 Å². The number of hydrogen-bond donors (Lipinski definition) is 1. The Labute approximate surface area is 119 Å². The van der Waals surface area contributed by atoms with Crippen LogP contribution in [-0.4, -0.2) is 28.3 Å². The zero-order valence-electron chi connectivity index (χ0n) is 12.4. The SMILES string of the molecule is CCNC(CCc1ccnn1C)C1CCC(F)(F)CC1. The molecule has 3 nitrogen and oxygen atoms in total. The smallest absolute Gasteiger partial charge is 0.248 e. The highest BCUT2D eigenvalue weighted by Gasteiger charge is 2.37. The van der Waals surface area contributed by atoms with E-state index < -0.39 is 5.92 Å². The predicted octanol–water partition coefficient (Wildman–Crippen LogP) is 3.16. The van der Waals surface area contributed by atoms with Crippen LogP contribution in [0.2, 0.25) is 0 Å². The molecule has 1 unspecified atom stereocenters. The fourth-order valence-electron chi connectivity index (χ4n) is 3.18. The molecular weight excluding hydrogens is 260 g/mol. The number of halogens is 2. The summed E-state index contributed by atoms with van der Waals surface area (Å²) < 4.78 is 28.4. The molecule has 1 aliphatic carbocycles. The maximum atomic E-state index is 13.3. The summed E-state index contributed by atoms with van der Waals surface area (Å²) in [7, 11) is 1.94. The topological polar surface area (TPSA) is 29.9 Å². The van der Waals surface area contributed by atoms with E-state index in [1.807, 2.05) is 17.8 Å². The highest BCUT2D eigenvalue weighted by atomic mass is 19.3. The van der Waals surface area contributed by atoms with Crippen LogP contribution in [0.1, 0.15) is 44.7 Å². The molecule has 0 radical (unpaired) electrons. The quantitative estimate of drug-likeness (QED) is 0.870. The normalized spacial score (nSPS) is 21.0. The molecule has 1 aromatic rings. The van der Waals surface area contributed by atoms with Gasteiger partial charge in [-0.1, -0.05) is 6.92 Å². The van der Waals surface area contributed by atoms with Crippen LogP contribution in [0.25, 0.3) is 0 Å². The first-order valence-corrected chi connectivity index (χ1v) is 7.60. The molecule has 2 rings (SSSR count). The van der Waals surface area contributed by atoms with E-state index in [0.717, 1.165) is 19.4 Å². The van der Waals surface area contributed by atoms with E-state index in [4.69, 9.17) is 0 Å². The van der Waals surface area contributed by atoms with Gasteiger partial charge in [0, 0.05) is 37.8 Å². The molecule has 1 saturated carbocycles. The summed E-state index contributed by atoms with van der Waals surface area (Å²) in [5.41, 5.74) is 1.20. The van der Waals surface area contributed by atoms with Gasteiger partial charge in [-0.2, -0.15) is 5.10 Å². The second kappa shape index (κ2) is 6.66. The monoisotopic (exact) mass is 285 g/mol. The van der Waals surface area contributed by atoms with Crippen LogP contribution < -0.4 is 5.32 Å². The summed E-state index contributed by atoms with van der Waals surface area (Å²) in [4.78, 5) is 0. The lowest BCUT2D eigenvalue weighted by Gasteiger charge is -2.34. The van der Waals surface area contributed by atoms with Gasteiger partial charge in [0.2, 0.25) is 5.92 Å². The van der Waals surface area contributed by atoms with Crippen LogP contribution in [0, 0.1) is 5.92 Å². The van der Waals surface area contributed by atoms with Gasteiger partial charge in [0.15, 0.2) is 0 Å². The van der Waals surface area contributed by atoms with E-state index >= 15 is 0 Å². The molecule has 0 aliphatic heterocycles. The molecule has 1 N–H and O–H groups in total. The molecule has 5 heteroatoms. The van der Waals surface area contributed by atoms with E-state index in [-0.39, 0.29) is 12.8 Å². The van der Waals surface area contributed by atoms with Crippen LogP contribution >= 0.6 is 0 Å². The maximum absolute atomic E-state index is 13.3. The van der Waals surface area contributed by atoms with Crippen LogP contribution in [0.5, 0.6) is 0 Å². The number of alkyl halides is 2. The Morgan fingerprint density at radius 1 is 1.45 bits per heavy atom. The standard InChI is InChI=1S/C15H25F2N3/c1-3-18-14(5-4-13-8-11-19-20(13)2)12-6-9-15(16,17)10-7-12/h8,11-12,14,18H,3-7,9-10H2,1-2H3. The second-order valence-corrected chi connectivity index (χ2v) is 5.84. The highest BCUT2D eigenvalue weighted by Crippen LogP contribution is 2.38. The summed E-state index contributed by atoms with van der Waals surface area (Å²) in [6.07, 6.45) is 5.10. The minimum atomic E-state index is -2.44. The Balaban J connectivity index is 1.89. The largest absolute Gasteiger partial charge is 0.314 e. The summed E-state index contributed by atoms with van der Waals surface area (Å²) in [6, 6.07) is 2.36. The van der Waals surface area contributed by atoms with Crippen molar-refractivity contribution in [1.82, 2.24) is 15.1 Å². The zero-order valence-corrected chi connectivity index (χ0v) is 12.4. The Kier molecular flexibility index (Phi) is 5.13. The number of aryl methyl sites for hydroxylation is 2. The lowest BCUT2D eigenvalue weighted by Crippen LogP contribution is -2.40.